The summed E-state index contributed by atoms with van der Waals surface area (Å²) in [5.74, 6) is 2.66. The highest BCUT2D eigenvalue weighted by molar-refractivity contribution is 8.14. The van der Waals surface area contributed by atoms with E-state index in [1.807, 2.05) is 0 Å². The summed E-state index contributed by atoms with van der Waals surface area (Å²) in [6.07, 6.45) is 0. The molecule has 0 saturated heterocycles. The zero-order chi connectivity index (χ0) is 9.78. The van der Waals surface area contributed by atoms with Crippen LogP contribution in [0.4, 0.5) is 0 Å². The summed E-state index contributed by atoms with van der Waals surface area (Å²) in [4.78, 5) is 10.5. The molecule has 0 aromatic heterocycles. The summed E-state index contributed by atoms with van der Waals surface area (Å²) in [6.45, 7) is 7.69. The molecule has 0 heterocycles. The van der Waals surface area contributed by atoms with Gasteiger partial charge in [0.25, 0.3) is 0 Å². The van der Waals surface area contributed by atoms with Crippen LogP contribution in [0.25, 0.3) is 0 Å². The van der Waals surface area contributed by atoms with Crippen LogP contribution in [-0.4, -0.2) is 23.7 Å². The molecule has 4 heteroatoms. The maximum absolute atomic E-state index is 10.5. The second kappa shape index (κ2) is 4.70. The highest BCUT2D eigenvalue weighted by Gasteiger charge is 2.09. The van der Waals surface area contributed by atoms with Crippen LogP contribution in [0.1, 0.15) is 6.92 Å². The van der Waals surface area contributed by atoms with E-state index in [0.717, 1.165) is 11.8 Å². The van der Waals surface area contributed by atoms with Crippen LogP contribution in [0.5, 0.6) is 0 Å². The van der Waals surface area contributed by atoms with Gasteiger partial charge in [-0.15, -0.1) is 5.54 Å². The highest BCUT2D eigenvalue weighted by Crippen LogP contribution is 2.07. The molecule has 0 radical (unpaired) electrons. The number of rotatable bonds is 1. The maximum atomic E-state index is 10.5. The quantitative estimate of drug-likeness (QED) is 0.397. The molecule has 0 saturated carbocycles. The second-order valence-corrected chi connectivity index (χ2v) is 9.49. The number of aliphatic hydroxyl groups is 1. The van der Waals surface area contributed by atoms with Gasteiger partial charge in [-0.3, -0.25) is 4.79 Å². The Morgan fingerprint density at radius 3 is 2.33 bits per heavy atom. The van der Waals surface area contributed by atoms with Gasteiger partial charge in [0.2, 0.25) is 0 Å². The summed E-state index contributed by atoms with van der Waals surface area (Å²) < 4.78 is 0. The lowest BCUT2D eigenvalue weighted by Gasteiger charge is -2.04. The molecule has 0 bridgehead atoms. The van der Waals surface area contributed by atoms with E-state index in [2.05, 4.69) is 31.1 Å². The Bertz CT molecular complexity index is 221. The van der Waals surface area contributed by atoms with Crippen LogP contribution in [0, 0.1) is 11.5 Å². The molecule has 0 fully saturated rings. The molecule has 0 aromatic carbocycles. The van der Waals surface area contributed by atoms with Crippen molar-refractivity contribution in [2.75, 3.05) is 0 Å². The van der Waals surface area contributed by atoms with E-state index in [0.29, 0.717) is 0 Å². The van der Waals surface area contributed by atoms with E-state index in [-0.39, 0.29) is 5.12 Å². The SMILES string of the molecule is CC(=O)SC(O)C#C[Si](C)(C)C. The first kappa shape index (κ1) is 11.8. The third-order valence-electron chi connectivity index (χ3n) is 0.848. The molecule has 0 aliphatic heterocycles. The third kappa shape index (κ3) is 7.86. The summed E-state index contributed by atoms with van der Waals surface area (Å²) in [5.41, 5.74) is 2.14. The zero-order valence-electron chi connectivity index (χ0n) is 7.84. The number of thioether (sulfide) groups is 1. The van der Waals surface area contributed by atoms with Crippen molar-refractivity contribution >= 4 is 25.0 Å². The fourth-order valence-electron chi connectivity index (χ4n) is 0.465. The molecule has 0 spiro atoms. The summed E-state index contributed by atoms with van der Waals surface area (Å²) in [5, 5.41) is 9.07. The van der Waals surface area contributed by atoms with Gasteiger partial charge in [0.05, 0.1) is 0 Å². The molecule has 0 amide bonds. The predicted molar refractivity (Wildman–Crippen MR) is 55.4 cm³/mol. The van der Waals surface area contributed by atoms with Gasteiger partial charge >= 0.3 is 0 Å². The smallest absolute Gasteiger partial charge is 0.189 e. The van der Waals surface area contributed by atoms with Crippen LogP contribution in [-0.2, 0) is 4.79 Å². The van der Waals surface area contributed by atoms with Gasteiger partial charge in [0, 0.05) is 6.92 Å². The maximum Gasteiger partial charge on any atom is 0.189 e. The lowest BCUT2D eigenvalue weighted by Crippen LogP contribution is -2.17. The van der Waals surface area contributed by atoms with Gasteiger partial charge in [-0.05, 0) is 11.8 Å². The minimum Gasteiger partial charge on any atom is -0.371 e. The molecule has 1 N–H and O–H groups in total. The summed E-state index contributed by atoms with van der Waals surface area (Å²) in [6, 6.07) is 0. The van der Waals surface area contributed by atoms with Crippen LogP contribution in [0.3, 0.4) is 0 Å². The summed E-state index contributed by atoms with van der Waals surface area (Å²) in [7, 11) is -1.42. The van der Waals surface area contributed by atoms with Crippen molar-refractivity contribution in [2.45, 2.75) is 32.0 Å². The van der Waals surface area contributed by atoms with Gasteiger partial charge in [0.15, 0.2) is 10.6 Å². The Morgan fingerprint density at radius 2 is 2.00 bits per heavy atom. The number of hydrogen-bond donors (Lipinski definition) is 1. The lowest BCUT2D eigenvalue weighted by atomic mass is 10.7. The predicted octanol–water partition coefficient (Wildman–Crippen LogP) is 1.47. The number of hydrogen-bond acceptors (Lipinski definition) is 3. The van der Waals surface area contributed by atoms with Crippen molar-refractivity contribution in [3.63, 3.8) is 0 Å². The Morgan fingerprint density at radius 1 is 1.50 bits per heavy atom. The van der Waals surface area contributed by atoms with Crippen molar-refractivity contribution in [3.8, 4) is 11.5 Å². The Hall–Kier alpha value is -0.243. The zero-order valence-corrected chi connectivity index (χ0v) is 9.66. The third-order valence-corrected chi connectivity index (χ3v) is 2.42. The van der Waals surface area contributed by atoms with Gasteiger partial charge in [-0.25, -0.2) is 0 Å². The molecule has 1 atom stereocenters. The monoisotopic (exact) mass is 202 g/mol. The molecule has 68 valence electrons. The highest BCUT2D eigenvalue weighted by atomic mass is 32.2. The normalized spacial score (nSPS) is 13.1. The fourth-order valence-corrected chi connectivity index (χ4v) is 1.57. The van der Waals surface area contributed by atoms with Crippen molar-refractivity contribution in [1.29, 1.82) is 0 Å². The van der Waals surface area contributed by atoms with E-state index in [9.17, 15) is 9.90 Å². The first-order valence-electron chi connectivity index (χ1n) is 3.69. The van der Waals surface area contributed by atoms with E-state index in [4.69, 9.17) is 0 Å². The van der Waals surface area contributed by atoms with Crippen molar-refractivity contribution in [3.05, 3.63) is 0 Å². The Labute approximate surface area is 78.8 Å². The van der Waals surface area contributed by atoms with E-state index in [1.54, 1.807) is 0 Å². The fraction of sp³-hybridized carbons (Fsp3) is 0.625. The number of carbonyl (C=O) groups is 1. The molecule has 1 unspecified atom stereocenters. The molecule has 0 rings (SSSR count). The van der Waals surface area contributed by atoms with Crippen LogP contribution < -0.4 is 0 Å². The van der Waals surface area contributed by atoms with E-state index >= 15 is 0 Å². The van der Waals surface area contributed by atoms with Crippen molar-refractivity contribution in [2.24, 2.45) is 0 Å². The Balaban J connectivity index is 4.04. The molecular weight excluding hydrogens is 188 g/mol. The van der Waals surface area contributed by atoms with Gasteiger partial charge < -0.3 is 5.11 Å². The average molecular weight is 202 g/mol. The first-order valence-corrected chi connectivity index (χ1v) is 8.07. The topological polar surface area (TPSA) is 37.3 Å². The molecule has 0 aliphatic carbocycles. The average Bonchev–Trinajstić information content (AvgIpc) is 1.80. The molecular formula is C8H14O2SSi. The van der Waals surface area contributed by atoms with Gasteiger partial charge in [-0.1, -0.05) is 25.6 Å². The second-order valence-electron chi connectivity index (χ2n) is 3.48. The molecule has 2 nitrogen and oxygen atoms in total. The van der Waals surface area contributed by atoms with Crippen molar-refractivity contribution < 1.29 is 9.90 Å². The minimum absolute atomic E-state index is 0.104. The minimum atomic E-state index is -1.42. The van der Waals surface area contributed by atoms with E-state index in [1.165, 1.54) is 6.92 Å². The van der Waals surface area contributed by atoms with Gasteiger partial charge in [-0.2, -0.15) is 0 Å². The van der Waals surface area contributed by atoms with Crippen molar-refractivity contribution in [1.82, 2.24) is 0 Å². The van der Waals surface area contributed by atoms with Crippen LogP contribution in [0.2, 0.25) is 19.6 Å². The number of carbonyl (C=O) groups excluding carboxylic acids is 1. The van der Waals surface area contributed by atoms with E-state index < -0.39 is 13.5 Å². The van der Waals surface area contributed by atoms with Crippen LogP contribution in [0.15, 0.2) is 0 Å². The molecule has 0 aliphatic rings. The number of aliphatic hydroxyl groups excluding tert-OH is 1. The molecule has 12 heavy (non-hydrogen) atoms. The van der Waals surface area contributed by atoms with Crippen LogP contribution >= 0.6 is 11.8 Å². The van der Waals surface area contributed by atoms with Gasteiger partial charge in [0.1, 0.15) is 8.07 Å². The summed E-state index contributed by atoms with van der Waals surface area (Å²) >= 11 is 0.860. The first-order chi connectivity index (χ1) is 5.31. The standard InChI is InChI=1S/C8H14O2SSi/c1-7(9)11-8(10)5-6-12(2,3)4/h8,10H,1-4H3. The Kier molecular flexibility index (Phi) is 4.61. The lowest BCUT2D eigenvalue weighted by molar-refractivity contribution is -0.109. The molecule has 0 aromatic rings. The largest absolute Gasteiger partial charge is 0.371 e.